The van der Waals surface area contributed by atoms with E-state index >= 15 is 0 Å². The molecule has 0 aliphatic carbocycles. The molecular formula is C20H17FO3. The zero-order valence-corrected chi connectivity index (χ0v) is 13.5. The van der Waals surface area contributed by atoms with Gasteiger partial charge < -0.3 is 4.74 Å². The van der Waals surface area contributed by atoms with Crippen molar-refractivity contribution in [2.45, 2.75) is 20.0 Å². The zero-order valence-electron chi connectivity index (χ0n) is 13.5. The Morgan fingerprint density at radius 2 is 1.75 bits per heavy atom. The van der Waals surface area contributed by atoms with Crippen LogP contribution in [0, 0.1) is 11.7 Å². The lowest BCUT2D eigenvalue weighted by Gasteiger charge is -2.31. The zero-order chi connectivity index (χ0) is 17.3. The highest BCUT2D eigenvalue weighted by Crippen LogP contribution is 2.40. The molecule has 1 heterocycles. The van der Waals surface area contributed by atoms with Crippen molar-refractivity contribution in [2.75, 3.05) is 0 Å². The standard InChI is InChI=1S/C20H17FO3/c1-12(22)19(13(2)23)20-17-9-4-3-6-14(17)11-18(24-20)15-7-5-8-16(21)10-15/h3-11,19-20H,1-2H3/t20-/m1/s1. The molecule has 0 aromatic heterocycles. The molecule has 2 aromatic carbocycles. The van der Waals surface area contributed by atoms with Gasteiger partial charge in [0.25, 0.3) is 0 Å². The van der Waals surface area contributed by atoms with E-state index in [4.69, 9.17) is 4.74 Å². The third-order valence-electron chi connectivity index (χ3n) is 4.13. The summed E-state index contributed by atoms with van der Waals surface area (Å²) in [5.41, 5.74) is 2.22. The second kappa shape index (κ2) is 6.40. The van der Waals surface area contributed by atoms with Crippen LogP contribution in [0.25, 0.3) is 11.8 Å². The Morgan fingerprint density at radius 3 is 2.42 bits per heavy atom. The quantitative estimate of drug-likeness (QED) is 0.792. The lowest BCUT2D eigenvalue weighted by molar-refractivity contribution is -0.135. The van der Waals surface area contributed by atoms with E-state index in [-0.39, 0.29) is 17.4 Å². The summed E-state index contributed by atoms with van der Waals surface area (Å²) in [7, 11) is 0. The molecule has 0 N–H and O–H groups in total. The number of fused-ring (bicyclic) bond motifs is 1. The number of Topliss-reactive ketones (excluding diaryl/α,β-unsaturated/α-hetero) is 2. The Kier molecular flexibility index (Phi) is 4.30. The largest absolute Gasteiger partial charge is 0.484 e. The Bertz CT molecular complexity index is 824. The maximum absolute atomic E-state index is 13.5. The number of carbonyl (C=O) groups excluding carboxylic acids is 2. The molecule has 0 spiro atoms. The van der Waals surface area contributed by atoms with Gasteiger partial charge in [-0.05, 0) is 37.6 Å². The maximum atomic E-state index is 13.5. The second-order valence-electron chi connectivity index (χ2n) is 5.89. The lowest BCUT2D eigenvalue weighted by atomic mass is 9.85. The van der Waals surface area contributed by atoms with Crippen molar-refractivity contribution < 1.29 is 18.7 Å². The summed E-state index contributed by atoms with van der Waals surface area (Å²) >= 11 is 0. The monoisotopic (exact) mass is 324 g/mol. The third-order valence-corrected chi connectivity index (χ3v) is 4.13. The van der Waals surface area contributed by atoms with Crippen LogP contribution in [0.2, 0.25) is 0 Å². The van der Waals surface area contributed by atoms with Crippen molar-refractivity contribution in [1.82, 2.24) is 0 Å². The van der Waals surface area contributed by atoms with E-state index in [0.717, 1.165) is 11.1 Å². The van der Waals surface area contributed by atoms with Gasteiger partial charge in [-0.2, -0.15) is 0 Å². The van der Waals surface area contributed by atoms with Crippen molar-refractivity contribution in [3.63, 3.8) is 0 Å². The van der Waals surface area contributed by atoms with E-state index < -0.39 is 12.0 Å². The van der Waals surface area contributed by atoms with Crippen molar-refractivity contribution >= 4 is 23.4 Å². The van der Waals surface area contributed by atoms with Gasteiger partial charge in [0.1, 0.15) is 35.2 Å². The van der Waals surface area contributed by atoms with E-state index in [1.807, 2.05) is 24.3 Å². The summed E-state index contributed by atoms with van der Waals surface area (Å²) in [5.74, 6) is -1.30. The topological polar surface area (TPSA) is 43.4 Å². The van der Waals surface area contributed by atoms with Gasteiger partial charge in [-0.25, -0.2) is 4.39 Å². The first-order valence-electron chi connectivity index (χ1n) is 7.71. The van der Waals surface area contributed by atoms with Crippen LogP contribution in [0.1, 0.15) is 36.6 Å². The van der Waals surface area contributed by atoms with Crippen LogP contribution < -0.4 is 0 Å². The minimum Gasteiger partial charge on any atom is -0.484 e. The minimum atomic E-state index is -0.886. The first-order chi connectivity index (χ1) is 11.5. The van der Waals surface area contributed by atoms with E-state index in [1.165, 1.54) is 26.0 Å². The first kappa shape index (κ1) is 16.1. The summed E-state index contributed by atoms with van der Waals surface area (Å²) in [6.07, 6.45) is 1.09. The van der Waals surface area contributed by atoms with Gasteiger partial charge >= 0.3 is 0 Å². The fraction of sp³-hybridized carbons (Fsp3) is 0.200. The van der Waals surface area contributed by atoms with Crippen LogP contribution in [-0.4, -0.2) is 11.6 Å². The highest BCUT2D eigenvalue weighted by Gasteiger charge is 2.36. The van der Waals surface area contributed by atoms with E-state index in [1.54, 1.807) is 18.2 Å². The van der Waals surface area contributed by atoms with Crippen LogP contribution in [0.4, 0.5) is 4.39 Å². The van der Waals surface area contributed by atoms with Crippen molar-refractivity contribution in [3.05, 3.63) is 71.0 Å². The average molecular weight is 324 g/mol. The Hall–Kier alpha value is -2.75. The number of halogens is 1. The molecule has 4 heteroatoms. The molecular weight excluding hydrogens is 307 g/mol. The molecule has 2 aromatic rings. The summed E-state index contributed by atoms with van der Waals surface area (Å²) in [4.78, 5) is 24.0. The van der Waals surface area contributed by atoms with E-state index in [9.17, 15) is 14.0 Å². The molecule has 0 radical (unpaired) electrons. The van der Waals surface area contributed by atoms with Gasteiger partial charge in [0, 0.05) is 11.1 Å². The Labute approximate surface area is 139 Å². The number of benzene rings is 2. The molecule has 1 aliphatic rings. The normalized spacial score (nSPS) is 16.2. The van der Waals surface area contributed by atoms with Crippen LogP contribution in [0.15, 0.2) is 48.5 Å². The number of hydrogen-bond acceptors (Lipinski definition) is 3. The Balaban J connectivity index is 2.11. The highest BCUT2D eigenvalue weighted by molar-refractivity contribution is 6.01. The number of rotatable bonds is 4. The molecule has 0 bridgehead atoms. The van der Waals surface area contributed by atoms with E-state index in [0.29, 0.717) is 11.3 Å². The molecule has 3 nitrogen and oxygen atoms in total. The van der Waals surface area contributed by atoms with Gasteiger partial charge in [-0.3, -0.25) is 9.59 Å². The number of ketones is 2. The second-order valence-corrected chi connectivity index (χ2v) is 5.89. The molecule has 1 aliphatic heterocycles. The summed E-state index contributed by atoms with van der Waals surface area (Å²) < 4.78 is 19.5. The molecule has 122 valence electrons. The summed E-state index contributed by atoms with van der Waals surface area (Å²) in [6, 6.07) is 13.5. The van der Waals surface area contributed by atoms with Gasteiger partial charge in [-0.1, -0.05) is 36.4 Å². The Morgan fingerprint density at radius 1 is 1.04 bits per heavy atom. The lowest BCUT2D eigenvalue weighted by Crippen LogP contribution is -2.30. The highest BCUT2D eigenvalue weighted by atomic mass is 19.1. The van der Waals surface area contributed by atoms with Gasteiger partial charge in [0.15, 0.2) is 0 Å². The van der Waals surface area contributed by atoms with Gasteiger partial charge in [-0.15, -0.1) is 0 Å². The third kappa shape index (κ3) is 3.00. The van der Waals surface area contributed by atoms with Crippen LogP contribution >= 0.6 is 0 Å². The molecule has 0 saturated carbocycles. The molecule has 0 unspecified atom stereocenters. The number of ether oxygens (including phenoxy) is 1. The van der Waals surface area contributed by atoms with Crippen molar-refractivity contribution in [2.24, 2.45) is 5.92 Å². The van der Waals surface area contributed by atoms with Crippen LogP contribution in [0.3, 0.4) is 0 Å². The molecule has 3 rings (SSSR count). The molecule has 24 heavy (non-hydrogen) atoms. The predicted octanol–water partition coefficient (Wildman–Crippen LogP) is 4.19. The average Bonchev–Trinajstić information content (AvgIpc) is 2.54. The number of carbonyl (C=O) groups is 2. The number of hydrogen-bond donors (Lipinski definition) is 0. The summed E-state index contributed by atoms with van der Waals surface area (Å²) in [6.45, 7) is 2.77. The summed E-state index contributed by atoms with van der Waals surface area (Å²) in [5, 5.41) is 0. The van der Waals surface area contributed by atoms with Crippen molar-refractivity contribution in [1.29, 1.82) is 0 Å². The fourth-order valence-corrected chi connectivity index (χ4v) is 3.03. The smallest absolute Gasteiger partial charge is 0.144 e. The SMILES string of the molecule is CC(=O)C(C(C)=O)[C@@H]1OC(c2cccc(F)c2)=Cc2ccccc21. The van der Waals surface area contributed by atoms with Crippen LogP contribution in [-0.2, 0) is 14.3 Å². The van der Waals surface area contributed by atoms with Crippen LogP contribution in [0.5, 0.6) is 0 Å². The molecule has 0 fully saturated rings. The predicted molar refractivity (Wildman–Crippen MR) is 89.4 cm³/mol. The molecule has 0 saturated heterocycles. The van der Waals surface area contributed by atoms with E-state index in [2.05, 4.69) is 0 Å². The van der Waals surface area contributed by atoms with Gasteiger partial charge in [0.05, 0.1) is 0 Å². The van der Waals surface area contributed by atoms with Crippen molar-refractivity contribution in [3.8, 4) is 0 Å². The minimum absolute atomic E-state index is 0.247. The fourth-order valence-electron chi connectivity index (χ4n) is 3.03. The molecule has 0 amide bonds. The first-order valence-corrected chi connectivity index (χ1v) is 7.71. The van der Waals surface area contributed by atoms with Gasteiger partial charge in [0.2, 0.25) is 0 Å². The molecule has 1 atom stereocenters. The maximum Gasteiger partial charge on any atom is 0.144 e.